The Hall–Kier alpha value is -1.39. The Kier molecular flexibility index (Phi) is 4.27. The van der Waals surface area contributed by atoms with Gasteiger partial charge in [-0.25, -0.2) is 4.39 Å². The predicted molar refractivity (Wildman–Crippen MR) is 88.1 cm³/mol. The van der Waals surface area contributed by atoms with Crippen LogP contribution in [0.3, 0.4) is 0 Å². The number of piperazine rings is 1. The molecular weight excluding hydrogens is 331 g/mol. The van der Waals surface area contributed by atoms with E-state index in [1.165, 1.54) is 17.7 Å². The first-order valence-electron chi connectivity index (χ1n) is 7.15. The zero-order chi connectivity index (χ0) is 14.8. The van der Waals surface area contributed by atoms with Crippen molar-refractivity contribution >= 4 is 21.6 Å². The standard InChI is InChI=1S/C17H18BrFN2/c1-12-11-21(16-8-7-14(19)9-15(16)18)17(10-20-12)13-5-3-2-4-6-13/h2-9,12,17,20H,10-11H2,1H3. The molecule has 0 spiro atoms. The topological polar surface area (TPSA) is 15.3 Å². The van der Waals surface area contributed by atoms with Crippen molar-refractivity contribution in [3.63, 3.8) is 0 Å². The molecule has 1 fully saturated rings. The van der Waals surface area contributed by atoms with Gasteiger partial charge in [0.05, 0.1) is 11.7 Å². The molecule has 3 rings (SSSR count). The minimum Gasteiger partial charge on any atom is -0.361 e. The van der Waals surface area contributed by atoms with Crippen LogP contribution in [-0.2, 0) is 0 Å². The lowest BCUT2D eigenvalue weighted by molar-refractivity contribution is 0.416. The van der Waals surface area contributed by atoms with Crippen molar-refractivity contribution in [2.45, 2.75) is 19.0 Å². The largest absolute Gasteiger partial charge is 0.361 e. The Bertz CT molecular complexity index is 617. The molecule has 2 unspecified atom stereocenters. The quantitative estimate of drug-likeness (QED) is 0.877. The fourth-order valence-corrected chi connectivity index (χ4v) is 3.44. The normalized spacial score (nSPS) is 22.3. The maximum absolute atomic E-state index is 13.4. The van der Waals surface area contributed by atoms with E-state index in [0.717, 1.165) is 23.2 Å². The highest BCUT2D eigenvalue weighted by atomic mass is 79.9. The molecule has 1 aliphatic rings. The van der Waals surface area contributed by atoms with Gasteiger partial charge in [0.25, 0.3) is 0 Å². The third-order valence-corrected chi connectivity index (χ3v) is 4.55. The Morgan fingerprint density at radius 1 is 1.19 bits per heavy atom. The second-order valence-corrected chi connectivity index (χ2v) is 6.34. The molecule has 2 nitrogen and oxygen atoms in total. The molecule has 21 heavy (non-hydrogen) atoms. The molecule has 0 saturated carbocycles. The summed E-state index contributed by atoms with van der Waals surface area (Å²) in [6, 6.07) is 16.0. The van der Waals surface area contributed by atoms with Crippen LogP contribution in [0.4, 0.5) is 10.1 Å². The number of benzene rings is 2. The van der Waals surface area contributed by atoms with Crippen molar-refractivity contribution in [3.8, 4) is 0 Å². The van der Waals surface area contributed by atoms with Crippen LogP contribution in [0, 0.1) is 5.82 Å². The van der Waals surface area contributed by atoms with E-state index in [9.17, 15) is 4.39 Å². The van der Waals surface area contributed by atoms with Gasteiger partial charge in [0.1, 0.15) is 5.82 Å². The zero-order valence-electron chi connectivity index (χ0n) is 11.9. The molecule has 2 aromatic rings. The molecule has 0 aromatic heterocycles. The fourth-order valence-electron chi connectivity index (χ4n) is 2.86. The number of halogens is 2. The maximum atomic E-state index is 13.4. The molecule has 1 saturated heterocycles. The van der Waals surface area contributed by atoms with Gasteiger partial charge in [-0.2, -0.15) is 0 Å². The molecule has 1 N–H and O–H groups in total. The van der Waals surface area contributed by atoms with Gasteiger partial charge in [-0.1, -0.05) is 30.3 Å². The van der Waals surface area contributed by atoms with E-state index in [-0.39, 0.29) is 11.9 Å². The first-order chi connectivity index (χ1) is 10.1. The van der Waals surface area contributed by atoms with Gasteiger partial charge in [0, 0.05) is 23.6 Å². The van der Waals surface area contributed by atoms with Crippen LogP contribution in [-0.4, -0.2) is 19.1 Å². The average molecular weight is 349 g/mol. The van der Waals surface area contributed by atoms with Gasteiger partial charge in [-0.05, 0) is 46.6 Å². The first-order valence-corrected chi connectivity index (χ1v) is 7.94. The van der Waals surface area contributed by atoms with Crippen molar-refractivity contribution in [1.29, 1.82) is 0 Å². The van der Waals surface area contributed by atoms with Gasteiger partial charge in [-0.15, -0.1) is 0 Å². The van der Waals surface area contributed by atoms with Crippen LogP contribution < -0.4 is 10.2 Å². The first kappa shape index (κ1) is 14.5. The highest BCUT2D eigenvalue weighted by molar-refractivity contribution is 9.10. The molecular formula is C17H18BrFN2. The smallest absolute Gasteiger partial charge is 0.124 e. The van der Waals surface area contributed by atoms with Crippen LogP contribution >= 0.6 is 15.9 Å². The third kappa shape index (κ3) is 3.11. The van der Waals surface area contributed by atoms with Crippen molar-refractivity contribution < 1.29 is 4.39 Å². The molecule has 0 radical (unpaired) electrons. The van der Waals surface area contributed by atoms with Gasteiger partial charge in [0.2, 0.25) is 0 Å². The van der Waals surface area contributed by atoms with E-state index >= 15 is 0 Å². The molecule has 2 atom stereocenters. The van der Waals surface area contributed by atoms with Gasteiger partial charge < -0.3 is 10.2 Å². The summed E-state index contributed by atoms with van der Waals surface area (Å²) in [5, 5.41) is 3.53. The number of hydrogen-bond acceptors (Lipinski definition) is 2. The molecule has 110 valence electrons. The molecule has 1 aliphatic heterocycles. The van der Waals surface area contributed by atoms with Crippen molar-refractivity contribution in [3.05, 3.63) is 64.4 Å². The Morgan fingerprint density at radius 3 is 2.67 bits per heavy atom. The number of rotatable bonds is 2. The maximum Gasteiger partial charge on any atom is 0.124 e. The molecule has 4 heteroatoms. The summed E-state index contributed by atoms with van der Waals surface area (Å²) >= 11 is 3.50. The summed E-state index contributed by atoms with van der Waals surface area (Å²) in [5.41, 5.74) is 2.31. The molecule has 0 amide bonds. The minimum atomic E-state index is -0.218. The number of nitrogens with zero attached hydrogens (tertiary/aromatic N) is 1. The van der Waals surface area contributed by atoms with Crippen LogP contribution in [0.5, 0.6) is 0 Å². The molecule has 0 bridgehead atoms. The molecule has 1 heterocycles. The molecule has 0 aliphatic carbocycles. The van der Waals surface area contributed by atoms with Crippen molar-refractivity contribution in [2.24, 2.45) is 0 Å². The second kappa shape index (κ2) is 6.16. The predicted octanol–water partition coefficient (Wildman–Crippen LogP) is 4.13. The van der Waals surface area contributed by atoms with Crippen molar-refractivity contribution in [1.82, 2.24) is 5.32 Å². The van der Waals surface area contributed by atoms with Crippen LogP contribution in [0.1, 0.15) is 18.5 Å². The number of nitrogens with one attached hydrogen (secondary N) is 1. The van der Waals surface area contributed by atoms with E-state index in [2.05, 4.69) is 57.3 Å². The lowest BCUT2D eigenvalue weighted by Crippen LogP contribution is -2.51. The summed E-state index contributed by atoms with van der Waals surface area (Å²) < 4.78 is 14.2. The summed E-state index contributed by atoms with van der Waals surface area (Å²) in [7, 11) is 0. The van der Waals surface area contributed by atoms with E-state index in [1.54, 1.807) is 0 Å². The summed E-state index contributed by atoms with van der Waals surface area (Å²) in [6.45, 7) is 3.95. The van der Waals surface area contributed by atoms with E-state index in [1.807, 2.05) is 12.1 Å². The Balaban J connectivity index is 1.98. The number of anilines is 1. The van der Waals surface area contributed by atoms with Crippen LogP contribution in [0.2, 0.25) is 0 Å². The monoisotopic (exact) mass is 348 g/mol. The highest BCUT2D eigenvalue weighted by Gasteiger charge is 2.28. The highest BCUT2D eigenvalue weighted by Crippen LogP contribution is 2.34. The van der Waals surface area contributed by atoms with E-state index in [0.29, 0.717) is 6.04 Å². The fraction of sp³-hybridized carbons (Fsp3) is 0.294. The van der Waals surface area contributed by atoms with Gasteiger partial charge in [0.15, 0.2) is 0 Å². The lowest BCUT2D eigenvalue weighted by Gasteiger charge is -2.41. The van der Waals surface area contributed by atoms with Crippen molar-refractivity contribution in [2.75, 3.05) is 18.0 Å². The molecule has 2 aromatic carbocycles. The average Bonchev–Trinajstić information content (AvgIpc) is 2.48. The lowest BCUT2D eigenvalue weighted by atomic mass is 10.0. The Morgan fingerprint density at radius 2 is 1.95 bits per heavy atom. The minimum absolute atomic E-state index is 0.218. The zero-order valence-corrected chi connectivity index (χ0v) is 13.5. The summed E-state index contributed by atoms with van der Waals surface area (Å²) in [5.74, 6) is -0.218. The van der Waals surface area contributed by atoms with Crippen LogP contribution in [0.25, 0.3) is 0 Å². The van der Waals surface area contributed by atoms with E-state index < -0.39 is 0 Å². The Labute approximate surface area is 133 Å². The summed E-state index contributed by atoms with van der Waals surface area (Å²) in [6.07, 6.45) is 0. The van der Waals surface area contributed by atoms with Crippen LogP contribution in [0.15, 0.2) is 53.0 Å². The third-order valence-electron chi connectivity index (χ3n) is 3.91. The second-order valence-electron chi connectivity index (χ2n) is 5.48. The SMILES string of the molecule is CC1CN(c2ccc(F)cc2Br)C(c2ccccc2)CN1. The number of hydrogen-bond donors (Lipinski definition) is 1. The van der Waals surface area contributed by atoms with E-state index in [4.69, 9.17) is 0 Å². The summed E-state index contributed by atoms with van der Waals surface area (Å²) in [4.78, 5) is 2.35. The van der Waals surface area contributed by atoms with Gasteiger partial charge in [-0.3, -0.25) is 0 Å². The van der Waals surface area contributed by atoms with Gasteiger partial charge >= 0.3 is 0 Å².